The van der Waals surface area contributed by atoms with Crippen LogP contribution in [0.25, 0.3) is 0 Å². The molecule has 0 unspecified atom stereocenters. The lowest BCUT2D eigenvalue weighted by Crippen LogP contribution is -2.32. The van der Waals surface area contributed by atoms with Crippen molar-refractivity contribution in [2.75, 3.05) is 13.1 Å². The largest absolute Gasteiger partial charge is 0.432 e. The van der Waals surface area contributed by atoms with E-state index in [1.54, 1.807) is 12.4 Å². The first-order valence-electron chi connectivity index (χ1n) is 7.35. The van der Waals surface area contributed by atoms with E-state index in [0.29, 0.717) is 10.8 Å². The monoisotopic (exact) mass is 344 g/mol. The molecule has 0 radical (unpaired) electrons. The molecule has 0 amide bonds. The average molecular weight is 345 g/mol. The van der Waals surface area contributed by atoms with Crippen molar-refractivity contribution in [3.05, 3.63) is 46.8 Å². The molecule has 1 saturated heterocycles. The fourth-order valence-corrected chi connectivity index (χ4v) is 3.05. The van der Waals surface area contributed by atoms with Crippen LogP contribution in [0.5, 0.6) is 0 Å². The van der Waals surface area contributed by atoms with Gasteiger partial charge in [-0.15, -0.1) is 0 Å². The summed E-state index contributed by atoms with van der Waals surface area (Å²) in [6, 6.07) is 1.88. The molecular formula is C15H16ClF3N4. The number of likely N-dealkylation sites (tertiary alicyclic amines) is 1. The molecule has 2 aromatic rings. The Morgan fingerprint density at radius 2 is 1.96 bits per heavy atom. The summed E-state index contributed by atoms with van der Waals surface area (Å²) >= 11 is 5.92. The summed E-state index contributed by atoms with van der Waals surface area (Å²) < 4.78 is 37.8. The van der Waals surface area contributed by atoms with E-state index in [2.05, 4.69) is 19.9 Å². The number of hydrogen-bond acceptors (Lipinski definition) is 3. The Morgan fingerprint density at radius 1 is 1.22 bits per heavy atom. The quantitative estimate of drug-likeness (QED) is 0.919. The van der Waals surface area contributed by atoms with E-state index >= 15 is 0 Å². The number of hydrogen-bond donors (Lipinski definition) is 1. The first-order valence-corrected chi connectivity index (χ1v) is 7.73. The van der Waals surface area contributed by atoms with Crippen LogP contribution in [-0.2, 0) is 12.7 Å². The van der Waals surface area contributed by atoms with Crippen LogP contribution in [0, 0.1) is 0 Å². The lowest BCUT2D eigenvalue weighted by molar-refractivity contribution is -0.141. The average Bonchev–Trinajstić information content (AvgIpc) is 2.98. The van der Waals surface area contributed by atoms with Gasteiger partial charge in [0.15, 0.2) is 0 Å². The number of aromatic nitrogens is 3. The normalized spacial score (nSPS) is 17.6. The van der Waals surface area contributed by atoms with E-state index in [1.165, 1.54) is 0 Å². The highest BCUT2D eigenvalue weighted by atomic mass is 35.5. The van der Waals surface area contributed by atoms with Crippen molar-refractivity contribution in [3.63, 3.8) is 0 Å². The first-order chi connectivity index (χ1) is 10.9. The summed E-state index contributed by atoms with van der Waals surface area (Å²) in [5.74, 6) is 0.473. The van der Waals surface area contributed by atoms with Gasteiger partial charge in [0.05, 0.1) is 11.2 Å². The number of nitrogens with zero attached hydrogens (tertiary/aromatic N) is 3. The van der Waals surface area contributed by atoms with Crippen LogP contribution in [0.2, 0.25) is 5.02 Å². The van der Waals surface area contributed by atoms with Crippen molar-refractivity contribution in [3.8, 4) is 0 Å². The first kappa shape index (κ1) is 16.3. The Hall–Kier alpha value is -1.60. The topological polar surface area (TPSA) is 44.8 Å². The van der Waals surface area contributed by atoms with Crippen LogP contribution in [0.3, 0.4) is 0 Å². The van der Waals surface area contributed by atoms with Crippen molar-refractivity contribution >= 4 is 11.6 Å². The molecule has 0 spiro atoms. The zero-order valence-electron chi connectivity index (χ0n) is 12.3. The van der Waals surface area contributed by atoms with Gasteiger partial charge in [-0.2, -0.15) is 13.2 Å². The maximum absolute atomic E-state index is 12.6. The van der Waals surface area contributed by atoms with Crippen molar-refractivity contribution < 1.29 is 13.2 Å². The van der Waals surface area contributed by atoms with Crippen molar-refractivity contribution in [2.45, 2.75) is 31.5 Å². The van der Waals surface area contributed by atoms with Gasteiger partial charge in [0.2, 0.25) is 0 Å². The zero-order valence-corrected chi connectivity index (χ0v) is 13.0. The molecule has 3 heterocycles. The minimum absolute atomic E-state index is 0.0415. The van der Waals surface area contributed by atoms with E-state index in [1.807, 2.05) is 6.07 Å². The third kappa shape index (κ3) is 4.03. The molecule has 0 aliphatic carbocycles. The molecule has 1 aliphatic heterocycles. The Bertz CT molecular complexity index is 663. The van der Waals surface area contributed by atoms with Gasteiger partial charge >= 0.3 is 6.18 Å². The van der Waals surface area contributed by atoms with E-state index in [9.17, 15) is 13.2 Å². The number of H-pyrrole nitrogens is 1. The number of rotatable bonds is 3. The molecule has 0 saturated carbocycles. The number of alkyl halides is 3. The highest BCUT2D eigenvalue weighted by molar-refractivity contribution is 6.30. The molecule has 4 nitrogen and oxygen atoms in total. The second-order valence-electron chi connectivity index (χ2n) is 5.74. The summed E-state index contributed by atoms with van der Waals surface area (Å²) in [5, 5.41) is 0.604. The summed E-state index contributed by atoms with van der Waals surface area (Å²) in [5.41, 5.74) is 0.258. The number of aromatic amines is 1. The summed E-state index contributed by atoms with van der Waals surface area (Å²) in [6.07, 6.45) is 1.43. The summed E-state index contributed by atoms with van der Waals surface area (Å²) in [7, 11) is 0. The predicted molar refractivity (Wildman–Crippen MR) is 80.1 cm³/mol. The third-order valence-corrected chi connectivity index (χ3v) is 4.25. The summed E-state index contributed by atoms with van der Waals surface area (Å²) in [4.78, 5) is 12.6. The van der Waals surface area contributed by atoms with E-state index in [4.69, 9.17) is 11.6 Å². The van der Waals surface area contributed by atoms with Crippen molar-refractivity contribution in [1.82, 2.24) is 19.9 Å². The molecule has 1 aliphatic rings. The van der Waals surface area contributed by atoms with Gasteiger partial charge in [0, 0.05) is 24.9 Å². The molecule has 0 atom stereocenters. The zero-order chi connectivity index (χ0) is 16.4. The van der Waals surface area contributed by atoms with E-state index in [-0.39, 0.29) is 5.92 Å². The van der Waals surface area contributed by atoms with Gasteiger partial charge < -0.3 is 4.98 Å². The van der Waals surface area contributed by atoms with Gasteiger partial charge in [-0.25, -0.2) is 4.98 Å². The van der Waals surface area contributed by atoms with Crippen LogP contribution in [0.4, 0.5) is 13.2 Å². The molecule has 124 valence electrons. The van der Waals surface area contributed by atoms with Crippen LogP contribution in [0.1, 0.15) is 35.8 Å². The number of halogens is 4. The third-order valence-electron chi connectivity index (χ3n) is 4.04. The van der Waals surface area contributed by atoms with Crippen LogP contribution in [0.15, 0.2) is 24.7 Å². The molecule has 2 aromatic heterocycles. The van der Waals surface area contributed by atoms with Crippen molar-refractivity contribution in [2.24, 2.45) is 0 Å². The highest BCUT2D eigenvalue weighted by Gasteiger charge is 2.34. The molecule has 23 heavy (non-hydrogen) atoms. The summed E-state index contributed by atoms with van der Waals surface area (Å²) in [6.45, 7) is 2.35. The second-order valence-corrected chi connectivity index (χ2v) is 6.18. The van der Waals surface area contributed by atoms with Gasteiger partial charge in [-0.3, -0.25) is 9.88 Å². The van der Waals surface area contributed by atoms with Gasteiger partial charge in [-0.1, -0.05) is 11.6 Å². The van der Waals surface area contributed by atoms with Gasteiger partial charge in [-0.05, 0) is 37.6 Å². The molecule has 1 fully saturated rings. The lowest BCUT2D eigenvalue weighted by Gasteiger charge is -2.31. The standard InChI is InChI=1S/C15H16ClF3N4/c16-12-5-10(6-20-7-12)9-23-3-1-11(2-4-23)14-21-8-13(22-14)15(17,18)19/h5-8,11H,1-4,9H2,(H,21,22). The number of piperidine rings is 1. The lowest BCUT2D eigenvalue weighted by atomic mass is 9.96. The fraction of sp³-hybridized carbons (Fsp3) is 0.467. The predicted octanol–water partition coefficient (Wildman–Crippen LogP) is 3.86. The molecule has 0 aromatic carbocycles. The minimum Gasteiger partial charge on any atom is -0.338 e. The van der Waals surface area contributed by atoms with Crippen molar-refractivity contribution in [1.29, 1.82) is 0 Å². The van der Waals surface area contributed by atoms with E-state index < -0.39 is 11.9 Å². The minimum atomic E-state index is -4.37. The maximum atomic E-state index is 12.6. The number of pyridine rings is 1. The molecular weight excluding hydrogens is 329 g/mol. The molecule has 1 N–H and O–H groups in total. The van der Waals surface area contributed by atoms with E-state index in [0.717, 1.165) is 44.2 Å². The molecule has 8 heteroatoms. The van der Waals surface area contributed by atoms with Gasteiger partial charge in [0.1, 0.15) is 11.5 Å². The smallest absolute Gasteiger partial charge is 0.338 e. The Labute approximate surface area is 136 Å². The molecule has 0 bridgehead atoms. The highest BCUT2D eigenvalue weighted by Crippen LogP contribution is 2.31. The van der Waals surface area contributed by atoms with Crippen LogP contribution >= 0.6 is 11.6 Å². The Kier molecular flexibility index (Phi) is 4.59. The second kappa shape index (κ2) is 6.49. The Balaban J connectivity index is 1.57. The fourth-order valence-electron chi connectivity index (χ4n) is 2.85. The number of imidazole rings is 1. The number of nitrogens with one attached hydrogen (secondary N) is 1. The Morgan fingerprint density at radius 3 is 2.57 bits per heavy atom. The van der Waals surface area contributed by atoms with Gasteiger partial charge in [0.25, 0.3) is 0 Å². The molecule has 3 rings (SSSR count). The van der Waals surface area contributed by atoms with Crippen LogP contribution < -0.4 is 0 Å². The van der Waals surface area contributed by atoms with Crippen LogP contribution in [-0.4, -0.2) is 32.9 Å². The SMILES string of the molecule is FC(F)(F)c1cnc(C2CCN(Cc3cncc(Cl)c3)CC2)[nH]1. The maximum Gasteiger partial charge on any atom is 0.432 e.